The van der Waals surface area contributed by atoms with E-state index in [0.29, 0.717) is 11.9 Å². The first-order chi connectivity index (χ1) is 13.1. The smallest absolute Gasteiger partial charge is 0.275 e. The lowest BCUT2D eigenvalue weighted by Gasteiger charge is -2.17. The fourth-order valence-corrected chi connectivity index (χ4v) is 4.31. The zero-order chi connectivity index (χ0) is 18.8. The predicted octanol–water partition coefficient (Wildman–Crippen LogP) is 3.85. The first-order valence-corrected chi connectivity index (χ1v) is 10.2. The molecule has 1 aromatic carbocycles. The summed E-state index contributed by atoms with van der Waals surface area (Å²) in [5.41, 5.74) is 1.56. The summed E-state index contributed by atoms with van der Waals surface area (Å²) >= 11 is 3.16. The van der Waals surface area contributed by atoms with Gasteiger partial charge in [-0.1, -0.05) is 24.3 Å². The summed E-state index contributed by atoms with van der Waals surface area (Å²) < 4.78 is 1.28. The molecule has 136 valence electrons. The minimum absolute atomic E-state index is 0.0807. The molecule has 4 rings (SSSR count). The van der Waals surface area contributed by atoms with E-state index in [0.717, 1.165) is 21.5 Å². The Morgan fingerprint density at radius 1 is 1.11 bits per heavy atom. The Labute approximate surface area is 164 Å². The van der Waals surface area contributed by atoms with Crippen LogP contribution < -0.4 is 5.56 Å². The van der Waals surface area contributed by atoms with Crippen LogP contribution in [0.15, 0.2) is 63.4 Å². The largest absolute Gasteiger partial charge is 0.340 e. The zero-order valence-electron chi connectivity index (χ0n) is 14.7. The Bertz CT molecular complexity index is 1130. The van der Waals surface area contributed by atoms with Crippen LogP contribution in [0, 0.1) is 0 Å². The fourth-order valence-electron chi connectivity index (χ4n) is 2.93. The number of fused-ring (bicyclic) bond motifs is 1. The molecule has 0 unspecified atom stereocenters. The highest BCUT2D eigenvalue weighted by molar-refractivity contribution is 7.13. The Hall–Kier alpha value is -2.77. The molecule has 0 aliphatic carbocycles. The number of aromatic nitrogens is 2. The highest BCUT2D eigenvalue weighted by Gasteiger charge is 2.16. The van der Waals surface area contributed by atoms with E-state index >= 15 is 0 Å². The number of carbonyl (C=O) groups excluding carboxylic acids is 1. The number of thiophene rings is 2. The van der Waals surface area contributed by atoms with Gasteiger partial charge >= 0.3 is 0 Å². The second-order valence-corrected chi connectivity index (χ2v) is 7.94. The number of carbonyl (C=O) groups is 1. The van der Waals surface area contributed by atoms with Crippen molar-refractivity contribution in [2.45, 2.75) is 13.1 Å². The van der Waals surface area contributed by atoms with E-state index in [4.69, 9.17) is 0 Å². The molecule has 0 radical (unpaired) electrons. The number of benzene rings is 1. The van der Waals surface area contributed by atoms with Crippen molar-refractivity contribution in [1.29, 1.82) is 0 Å². The van der Waals surface area contributed by atoms with Crippen molar-refractivity contribution >= 4 is 39.4 Å². The Morgan fingerprint density at radius 3 is 2.63 bits per heavy atom. The first-order valence-electron chi connectivity index (χ1n) is 8.42. The van der Waals surface area contributed by atoms with Crippen molar-refractivity contribution in [2.24, 2.45) is 0 Å². The average molecular weight is 396 g/mol. The average Bonchev–Trinajstić information content (AvgIpc) is 3.38. The van der Waals surface area contributed by atoms with E-state index in [2.05, 4.69) is 5.10 Å². The molecule has 0 aliphatic rings. The van der Waals surface area contributed by atoms with Crippen molar-refractivity contribution in [3.63, 3.8) is 0 Å². The van der Waals surface area contributed by atoms with Gasteiger partial charge in [0.25, 0.3) is 5.56 Å². The van der Waals surface area contributed by atoms with Crippen LogP contribution in [0.4, 0.5) is 0 Å². The van der Waals surface area contributed by atoms with Gasteiger partial charge in [0.1, 0.15) is 12.2 Å². The fraction of sp³-hybridized carbons (Fsp3) is 0.150. The molecule has 5 nitrogen and oxygen atoms in total. The lowest BCUT2D eigenvalue weighted by molar-refractivity contribution is -0.131. The van der Waals surface area contributed by atoms with Crippen molar-refractivity contribution in [1.82, 2.24) is 14.7 Å². The van der Waals surface area contributed by atoms with Gasteiger partial charge in [-0.25, -0.2) is 4.68 Å². The highest BCUT2D eigenvalue weighted by atomic mass is 32.1. The summed E-state index contributed by atoms with van der Waals surface area (Å²) in [6.45, 7) is 0.436. The van der Waals surface area contributed by atoms with E-state index in [1.807, 2.05) is 52.5 Å². The number of likely N-dealkylation sites (N-methyl/N-ethyl adjacent to an activating group) is 1. The van der Waals surface area contributed by atoms with Gasteiger partial charge < -0.3 is 4.90 Å². The number of rotatable bonds is 5. The molecule has 4 aromatic rings. The summed E-state index contributed by atoms with van der Waals surface area (Å²) in [5, 5.41) is 11.9. The first kappa shape index (κ1) is 17.6. The van der Waals surface area contributed by atoms with Crippen LogP contribution in [0.2, 0.25) is 0 Å². The van der Waals surface area contributed by atoms with Gasteiger partial charge in [0.05, 0.1) is 10.3 Å². The summed E-state index contributed by atoms with van der Waals surface area (Å²) in [7, 11) is 1.74. The van der Waals surface area contributed by atoms with Crippen LogP contribution in [0.25, 0.3) is 21.3 Å². The van der Waals surface area contributed by atoms with E-state index in [1.165, 1.54) is 4.68 Å². The van der Waals surface area contributed by atoms with E-state index in [1.54, 1.807) is 40.7 Å². The standard InChI is InChI=1S/C20H17N3O2S2/c1-22(11-14-8-10-26-13-14)18(24)12-23-20(25)16-6-3-2-5-15(16)19(21-23)17-7-4-9-27-17/h2-10,13H,11-12H2,1H3. The normalized spacial score (nSPS) is 11.0. The van der Waals surface area contributed by atoms with Crippen molar-refractivity contribution in [3.05, 3.63) is 74.5 Å². The van der Waals surface area contributed by atoms with Gasteiger partial charge in [0.15, 0.2) is 0 Å². The molecule has 0 bridgehead atoms. The van der Waals surface area contributed by atoms with E-state index < -0.39 is 0 Å². The maximum absolute atomic E-state index is 12.9. The second-order valence-electron chi connectivity index (χ2n) is 6.22. The summed E-state index contributed by atoms with van der Waals surface area (Å²) in [5.74, 6) is -0.150. The van der Waals surface area contributed by atoms with Gasteiger partial charge in [0, 0.05) is 19.0 Å². The predicted molar refractivity (Wildman–Crippen MR) is 110 cm³/mol. The maximum Gasteiger partial charge on any atom is 0.275 e. The molecule has 7 heteroatoms. The van der Waals surface area contributed by atoms with Crippen LogP contribution >= 0.6 is 22.7 Å². The van der Waals surface area contributed by atoms with Gasteiger partial charge in [0.2, 0.25) is 5.91 Å². The topological polar surface area (TPSA) is 55.2 Å². The van der Waals surface area contributed by atoms with Crippen LogP contribution in [-0.2, 0) is 17.9 Å². The molecular formula is C20H17N3O2S2. The van der Waals surface area contributed by atoms with Crippen molar-refractivity contribution in [2.75, 3.05) is 7.05 Å². The molecule has 1 amide bonds. The molecule has 0 aliphatic heterocycles. The SMILES string of the molecule is CN(Cc1ccsc1)C(=O)Cn1nc(-c2cccs2)c2ccccc2c1=O. The zero-order valence-corrected chi connectivity index (χ0v) is 16.3. The molecule has 0 N–H and O–H groups in total. The summed E-state index contributed by atoms with van der Waals surface area (Å²) in [6, 6.07) is 13.3. The molecule has 0 spiro atoms. The minimum atomic E-state index is -0.247. The number of hydrogen-bond acceptors (Lipinski definition) is 5. The second kappa shape index (κ2) is 7.46. The Balaban J connectivity index is 1.70. The van der Waals surface area contributed by atoms with Gasteiger partial charge in [-0.05, 0) is 39.9 Å². The third-order valence-electron chi connectivity index (χ3n) is 4.33. The summed E-state index contributed by atoms with van der Waals surface area (Å²) in [6.07, 6.45) is 0. The van der Waals surface area contributed by atoms with Crippen molar-refractivity contribution < 1.29 is 4.79 Å². The van der Waals surface area contributed by atoms with Gasteiger partial charge in [-0.3, -0.25) is 9.59 Å². The molecule has 0 saturated heterocycles. The molecule has 3 aromatic heterocycles. The quantitative estimate of drug-likeness (QED) is 0.516. The maximum atomic E-state index is 12.9. The lowest BCUT2D eigenvalue weighted by Crippen LogP contribution is -2.35. The highest BCUT2D eigenvalue weighted by Crippen LogP contribution is 2.28. The van der Waals surface area contributed by atoms with Crippen LogP contribution in [-0.4, -0.2) is 27.6 Å². The Kier molecular flexibility index (Phi) is 4.87. The third-order valence-corrected chi connectivity index (χ3v) is 5.94. The summed E-state index contributed by atoms with van der Waals surface area (Å²) in [4.78, 5) is 28.1. The lowest BCUT2D eigenvalue weighted by atomic mass is 10.1. The Morgan fingerprint density at radius 2 is 1.93 bits per heavy atom. The monoisotopic (exact) mass is 395 g/mol. The minimum Gasteiger partial charge on any atom is -0.340 e. The molecule has 3 heterocycles. The third kappa shape index (κ3) is 3.56. The van der Waals surface area contributed by atoms with Crippen molar-refractivity contribution in [3.8, 4) is 10.6 Å². The number of hydrogen-bond donors (Lipinski definition) is 0. The number of nitrogens with zero attached hydrogens (tertiary/aromatic N) is 3. The molecule has 27 heavy (non-hydrogen) atoms. The molecule has 0 fully saturated rings. The van der Waals surface area contributed by atoms with E-state index in [9.17, 15) is 9.59 Å². The van der Waals surface area contributed by atoms with Crippen LogP contribution in [0.3, 0.4) is 0 Å². The van der Waals surface area contributed by atoms with E-state index in [-0.39, 0.29) is 18.0 Å². The number of amides is 1. The van der Waals surface area contributed by atoms with Crippen LogP contribution in [0.5, 0.6) is 0 Å². The van der Waals surface area contributed by atoms with Crippen LogP contribution in [0.1, 0.15) is 5.56 Å². The van der Waals surface area contributed by atoms with Gasteiger partial charge in [-0.15, -0.1) is 11.3 Å². The molecule has 0 saturated carbocycles. The molecular weight excluding hydrogens is 378 g/mol. The van der Waals surface area contributed by atoms with Gasteiger partial charge in [-0.2, -0.15) is 16.4 Å². The molecule has 0 atom stereocenters.